The Hall–Kier alpha value is -1.77. The summed E-state index contributed by atoms with van der Waals surface area (Å²) in [5.41, 5.74) is 4.74. The highest BCUT2D eigenvalue weighted by Crippen LogP contribution is 2.48. The van der Waals surface area contributed by atoms with Crippen molar-refractivity contribution in [1.29, 1.82) is 0 Å². The molecule has 1 aliphatic carbocycles. The minimum absolute atomic E-state index is 0.0675. The van der Waals surface area contributed by atoms with Gasteiger partial charge in [0.25, 0.3) is 0 Å². The molecule has 0 fully saturated rings. The maximum absolute atomic E-state index is 5.17. The number of nitrogens with zero attached hydrogens (tertiary/aromatic N) is 1. The first-order chi connectivity index (χ1) is 8.67. The molecule has 3 nitrogen and oxygen atoms in total. The van der Waals surface area contributed by atoms with Gasteiger partial charge in [-0.25, -0.2) is 0 Å². The van der Waals surface area contributed by atoms with Gasteiger partial charge < -0.3 is 9.84 Å². The van der Waals surface area contributed by atoms with Gasteiger partial charge >= 0.3 is 0 Å². The summed E-state index contributed by atoms with van der Waals surface area (Å²) in [7, 11) is 1.91. The van der Waals surface area contributed by atoms with Crippen molar-refractivity contribution >= 4 is 5.69 Å². The van der Waals surface area contributed by atoms with E-state index in [0.29, 0.717) is 5.92 Å². The first-order valence-corrected chi connectivity index (χ1v) is 6.39. The van der Waals surface area contributed by atoms with E-state index < -0.39 is 0 Å². The van der Waals surface area contributed by atoms with Gasteiger partial charge in [-0.3, -0.25) is 0 Å². The third-order valence-corrected chi connectivity index (χ3v) is 4.42. The predicted molar refractivity (Wildman–Crippen MR) is 71.8 cm³/mol. The van der Waals surface area contributed by atoms with Gasteiger partial charge in [-0.2, -0.15) is 0 Å². The molecule has 2 aromatic rings. The van der Waals surface area contributed by atoms with Gasteiger partial charge in [0.15, 0.2) is 0 Å². The second-order valence-corrected chi connectivity index (χ2v) is 5.29. The molecule has 0 aliphatic heterocycles. The summed E-state index contributed by atoms with van der Waals surface area (Å²) in [6, 6.07) is 8.65. The van der Waals surface area contributed by atoms with Gasteiger partial charge in [0, 0.05) is 12.5 Å². The summed E-state index contributed by atoms with van der Waals surface area (Å²) >= 11 is 0. The van der Waals surface area contributed by atoms with Crippen LogP contribution in [0.4, 0.5) is 5.69 Å². The number of rotatable bonds is 2. The second-order valence-electron chi connectivity index (χ2n) is 5.29. The van der Waals surface area contributed by atoms with Crippen molar-refractivity contribution in [3.63, 3.8) is 0 Å². The lowest BCUT2D eigenvalue weighted by molar-refractivity contribution is 0.354. The fourth-order valence-corrected chi connectivity index (χ4v) is 3.15. The van der Waals surface area contributed by atoms with Crippen LogP contribution in [0.3, 0.4) is 0 Å². The molecular weight excluding hydrogens is 224 g/mol. The van der Waals surface area contributed by atoms with Crippen molar-refractivity contribution in [2.75, 3.05) is 12.4 Å². The van der Waals surface area contributed by atoms with Crippen molar-refractivity contribution < 1.29 is 4.52 Å². The molecule has 3 rings (SSSR count). The quantitative estimate of drug-likeness (QED) is 0.878. The van der Waals surface area contributed by atoms with Crippen LogP contribution >= 0.6 is 0 Å². The van der Waals surface area contributed by atoms with Crippen LogP contribution in [0.2, 0.25) is 0 Å². The topological polar surface area (TPSA) is 38.1 Å². The Kier molecular flexibility index (Phi) is 2.44. The normalized spacial score (nSPS) is 26.1. The number of hydrogen-bond acceptors (Lipinski definition) is 3. The SMILES string of the molecule is CNc1conc1C1(C)c2ccccc2CC1C. The summed E-state index contributed by atoms with van der Waals surface area (Å²) in [5, 5.41) is 7.43. The molecule has 1 aromatic heterocycles. The molecule has 2 atom stereocenters. The molecule has 1 aliphatic rings. The number of aromatic nitrogens is 1. The van der Waals surface area contributed by atoms with Crippen LogP contribution in [0.5, 0.6) is 0 Å². The van der Waals surface area contributed by atoms with E-state index >= 15 is 0 Å². The molecule has 0 spiro atoms. The Labute approximate surface area is 107 Å². The zero-order valence-electron chi connectivity index (χ0n) is 11.0. The molecule has 1 N–H and O–H groups in total. The highest BCUT2D eigenvalue weighted by molar-refractivity contribution is 5.56. The van der Waals surface area contributed by atoms with Gasteiger partial charge in [-0.05, 0) is 30.4 Å². The number of fused-ring (bicyclic) bond motifs is 1. The van der Waals surface area contributed by atoms with Gasteiger partial charge in [-0.1, -0.05) is 36.3 Å². The molecule has 0 bridgehead atoms. The van der Waals surface area contributed by atoms with Crippen LogP contribution in [0.1, 0.15) is 30.7 Å². The standard InChI is InChI=1S/C15H18N2O/c1-10-8-11-6-4-5-7-12(11)15(10,2)14-13(16-3)9-18-17-14/h4-7,9-10,16H,8H2,1-3H3. The number of nitrogens with one attached hydrogen (secondary N) is 1. The number of hydrogen-bond donors (Lipinski definition) is 1. The minimum Gasteiger partial charge on any atom is -0.384 e. The van der Waals surface area contributed by atoms with E-state index in [-0.39, 0.29) is 5.41 Å². The smallest absolute Gasteiger partial charge is 0.147 e. The monoisotopic (exact) mass is 242 g/mol. The third kappa shape index (κ3) is 1.33. The molecular formula is C15H18N2O. The van der Waals surface area contributed by atoms with Gasteiger partial charge in [0.05, 0.1) is 5.69 Å². The highest BCUT2D eigenvalue weighted by atomic mass is 16.5. The van der Waals surface area contributed by atoms with Crippen LogP contribution in [-0.4, -0.2) is 12.2 Å². The van der Waals surface area contributed by atoms with E-state index in [1.165, 1.54) is 11.1 Å². The van der Waals surface area contributed by atoms with E-state index in [1.807, 2.05) is 7.05 Å². The van der Waals surface area contributed by atoms with E-state index in [1.54, 1.807) is 6.26 Å². The lowest BCUT2D eigenvalue weighted by atomic mass is 9.74. The van der Waals surface area contributed by atoms with Crippen molar-refractivity contribution in [2.24, 2.45) is 5.92 Å². The molecule has 0 saturated carbocycles. The lowest BCUT2D eigenvalue weighted by Crippen LogP contribution is -2.29. The summed E-state index contributed by atoms with van der Waals surface area (Å²) < 4.78 is 5.17. The fraction of sp³-hybridized carbons (Fsp3) is 0.400. The van der Waals surface area contributed by atoms with Gasteiger partial charge in [0.2, 0.25) is 0 Å². The summed E-state index contributed by atoms with van der Waals surface area (Å²) in [4.78, 5) is 0. The molecule has 18 heavy (non-hydrogen) atoms. The summed E-state index contributed by atoms with van der Waals surface area (Å²) in [6.07, 6.45) is 2.79. The third-order valence-electron chi connectivity index (χ3n) is 4.42. The summed E-state index contributed by atoms with van der Waals surface area (Å²) in [6.45, 7) is 4.55. The molecule has 0 amide bonds. The van der Waals surface area contributed by atoms with Crippen LogP contribution in [0.25, 0.3) is 0 Å². The Balaban J connectivity index is 2.20. The van der Waals surface area contributed by atoms with Crippen LogP contribution in [0, 0.1) is 5.92 Å². The Morgan fingerprint density at radius 2 is 2.17 bits per heavy atom. The average molecular weight is 242 g/mol. The second kappa shape index (κ2) is 3.87. The lowest BCUT2D eigenvalue weighted by Gasteiger charge is -2.29. The maximum Gasteiger partial charge on any atom is 0.147 e. The van der Waals surface area contributed by atoms with Crippen LogP contribution in [-0.2, 0) is 11.8 Å². The fourth-order valence-electron chi connectivity index (χ4n) is 3.15. The minimum atomic E-state index is -0.0675. The molecule has 0 saturated heterocycles. The predicted octanol–water partition coefficient (Wildman–Crippen LogP) is 3.21. The molecule has 94 valence electrons. The zero-order valence-corrected chi connectivity index (χ0v) is 11.0. The van der Waals surface area contributed by atoms with Gasteiger partial charge in [0.1, 0.15) is 12.0 Å². The molecule has 1 heterocycles. The number of benzene rings is 1. The van der Waals surface area contributed by atoms with E-state index in [0.717, 1.165) is 17.8 Å². The van der Waals surface area contributed by atoms with Crippen molar-refractivity contribution in [3.8, 4) is 0 Å². The first kappa shape index (κ1) is 11.3. The van der Waals surface area contributed by atoms with Crippen LogP contribution < -0.4 is 5.32 Å². The van der Waals surface area contributed by atoms with Crippen molar-refractivity contribution in [3.05, 3.63) is 47.3 Å². The average Bonchev–Trinajstić information content (AvgIpc) is 2.95. The molecule has 3 heteroatoms. The Morgan fingerprint density at radius 3 is 2.94 bits per heavy atom. The first-order valence-electron chi connectivity index (χ1n) is 6.39. The maximum atomic E-state index is 5.17. The largest absolute Gasteiger partial charge is 0.384 e. The van der Waals surface area contributed by atoms with Crippen molar-refractivity contribution in [2.45, 2.75) is 25.7 Å². The Bertz CT molecular complexity index is 575. The molecule has 1 aromatic carbocycles. The molecule has 0 radical (unpaired) electrons. The van der Waals surface area contributed by atoms with E-state index in [2.05, 4.69) is 48.6 Å². The molecule has 2 unspecified atom stereocenters. The number of anilines is 1. The zero-order chi connectivity index (χ0) is 12.8. The summed E-state index contributed by atoms with van der Waals surface area (Å²) in [5.74, 6) is 0.520. The van der Waals surface area contributed by atoms with Gasteiger partial charge in [-0.15, -0.1) is 0 Å². The van der Waals surface area contributed by atoms with Crippen LogP contribution in [0.15, 0.2) is 35.1 Å². The van der Waals surface area contributed by atoms with E-state index in [9.17, 15) is 0 Å². The highest BCUT2D eigenvalue weighted by Gasteiger charge is 2.45. The van der Waals surface area contributed by atoms with Crippen molar-refractivity contribution in [1.82, 2.24) is 5.16 Å². The Morgan fingerprint density at radius 1 is 1.39 bits per heavy atom. The van der Waals surface area contributed by atoms with E-state index in [4.69, 9.17) is 4.52 Å².